The number of hydrogen-bond donors (Lipinski definition) is 3. The van der Waals surface area contributed by atoms with Gasteiger partial charge in [-0.3, -0.25) is 0 Å². The molecule has 1 aliphatic rings. The number of hydrogen-bond acceptors (Lipinski definition) is 7. The zero-order chi connectivity index (χ0) is 24.8. The van der Waals surface area contributed by atoms with Gasteiger partial charge >= 0.3 is 0 Å². The van der Waals surface area contributed by atoms with E-state index < -0.39 is 0 Å². The first kappa shape index (κ1) is 24.5. The number of benzene rings is 2. The zero-order valence-electron chi connectivity index (χ0n) is 21.4. The number of rotatable bonds is 8. The molecule has 0 amide bonds. The van der Waals surface area contributed by atoms with Crippen LogP contribution in [0.5, 0.6) is 0 Å². The molecule has 4 rings (SSSR count). The predicted molar refractivity (Wildman–Crippen MR) is 149 cm³/mol. The summed E-state index contributed by atoms with van der Waals surface area (Å²) in [5.74, 6) is 1.39. The maximum absolute atomic E-state index is 4.74. The first-order valence-corrected chi connectivity index (χ1v) is 12.3. The molecule has 1 aliphatic heterocycles. The van der Waals surface area contributed by atoms with Crippen molar-refractivity contribution in [2.75, 3.05) is 61.1 Å². The first-order valence-electron chi connectivity index (χ1n) is 12.3. The normalized spacial score (nSPS) is 14.3. The van der Waals surface area contributed by atoms with E-state index in [-0.39, 0.29) is 0 Å². The molecule has 0 atom stereocenters. The van der Waals surface area contributed by atoms with Gasteiger partial charge < -0.3 is 25.8 Å². The van der Waals surface area contributed by atoms with Crippen LogP contribution >= 0.6 is 0 Å². The van der Waals surface area contributed by atoms with E-state index in [9.17, 15) is 0 Å². The first-order chi connectivity index (χ1) is 17.0. The van der Waals surface area contributed by atoms with Gasteiger partial charge in [-0.05, 0) is 69.3 Å². The predicted octanol–water partition coefficient (Wildman–Crippen LogP) is 5.28. The van der Waals surface area contributed by atoms with Crippen molar-refractivity contribution in [1.29, 1.82) is 0 Å². The third-order valence-corrected chi connectivity index (χ3v) is 6.62. The van der Waals surface area contributed by atoms with Gasteiger partial charge in [0.25, 0.3) is 0 Å². The lowest BCUT2D eigenvalue weighted by Crippen LogP contribution is -2.28. The van der Waals surface area contributed by atoms with E-state index in [1.54, 1.807) is 0 Å². The number of anilines is 5. The smallest absolute Gasteiger partial charge is 0.229 e. The van der Waals surface area contributed by atoms with Crippen LogP contribution in [0.3, 0.4) is 0 Å². The second-order valence-electron chi connectivity index (χ2n) is 9.18. The monoisotopic (exact) mass is 471 g/mol. The Morgan fingerprint density at radius 2 is 1.80 bits per heavy atom. The van der Waals surface area contributed by atoms with Crippen LogP contribution in [0.25, 0.3) is 6.08 Å². The van der Waals surface area contributed by atoms with Crippen LogP contribution < -0.4 is 20.9 Å². The fraction of sp³-hybridized carbons (Fsp3) is 0.357. The summed E-state index contributed by atoms with van der Waals surface area (Å²) in [7, 11) is 4.14. The Kier molecular flexibility index (Phi) is 7.87. The van der Waals surface area contributed by atoms with Gasteiger partial charge in [0.1, 0.15) is 5.82 Å². The van der Waals surface area contributed by atoms with E-state index in [1.165, 1.54) is 17.7 Å². The van der Waals surface area contributed by atoms with Gasteiger partial charge in [-0.2, -0.15) is 4.98 Å². The van der Waals surface area contributed by atoms with Crippen LogP contribution in [0, 0.1) is 13.8 Å². The Labute approximate surface area is 209 Å². The van der Waals surface area contributed by atoms with Crippen molar-refractivity contribution in [3.63, 3.8) is 0 Å². The summed E-state index contributed by atoms with van der Waals surface area (Å²) in [5, 5.41) is 10.1. The number of nitrogens with one attached hydrogen (secondary N) is 3. The van der Waals surface area contributed by atoms with Gasteiger partial charge in [0.05, 0.1) is 0 Å². The molecule has 1 saturated heterocycles. The molecule has 2 aromatic carbocycles. The van der Waals surface area contributed by atoms with Gasteiger partial charge in [-0.15, -0.1) is 0 Å². The molecule has 2 heterocycles. The van der Waals surface area contributed by atoms with E-state index >= 15 is 0 Å². The highest BCUT2D eigenvalue weighted by molar-refractivity contribution is 5.72. The van der Waals surface area contributed by atoms with Crippen LogP contribution in [-0.2, 0) is 6.54 Å². The summed E-state index contributed by atoms with van der Waals surface area (Å²) in [4.78, 5) is 14.1. The van der Waals surface area contributed by atoms with Crippen LogP contribution in [0.15, 0.2) is 49.2 Å². The lowest BCUT2D eigenvalue weighted by atomic mass is 10.0. The topological polar surface area (TPSA) is 68.4 Å². The summed E-state index contributed by atoms with van der Waals surface area (Å²) in [6.45, 7) is 13.2. The van der Waals surface area contributed by atoms with E-state index in [4.69, 9.17) is 4.98 Å². The van der Waals surface area contributed by atoms with Crippen LogP contribution in [0.2, 0.25) is 0 Å². The highest BCUT2D eigenvalue weighted by atomic mass is 15.2. The van der Waals surface area contributed by atoms with Gasteiger partial charge in [0, 0.05) is 67.6 Å². The summed E-state index contributed by atoms with van der Waals surface area (Å²) >= 11 is 0. The molecule has 7 heteroatoms. The average Bonchev–Trinajstić information content (AvgIpc) is 3.09. The second-order valence-corrected chi connectivity index (χ2v) is 9.18. The molecule has 1 aromatic heterocycles. The molecular weight excluding hydrogens is 434 g/mol. The molecule has 0 unspecified atom stereocenters. The lowest BCUT2D eigenvalue weighted by molar-refractivity contribution is 0.360. The summed E-state index contributed by atoms with van der Waals surface area (Å²) in [6, 6.07) is 12.8. The van der Waals surface area contributed by atoms with Gasteiger partial charge in [-0.25, -0.2) is 4.98 Å². The summed E-state index contributed by atoms with van der Waals surface area (Å²) < 4.78 is 0. The third kappa shape index (κ3) is 5.92. The van der Waals surface area contributed by atoms with E-state index in [1.807, 2.05) is 26.2 Å². The Morgan fingerprint density at radius 1 is 1.00 bits per heavy atom. The molecular formula is C28H37N7. The van der Waals surface area contributed by atoms with Gasteiger partial charge in [-0.1, -0.05) is 24.8 Å². The molecule has 184 valence electrons. The average molecular weight is 472 g/mol. The van der Waals surface area contributed by atoms with Crippen molar-refractivity contribution in [2.24, 2.45) is 0 Å². The fourth-order valence-corrected chi connectivity index (χ4v) is 4.54. The SMILES string of the molecule is C=Cc1c(CNc2nc(Nc3ccc(N4CCCN(C)CC4)cc3)ncc2C)ccc(C)c1NC. The van der Waals surface area contributed by atoms with Crippen molar-refractivity contribution in [2.45, 2.75) is 26.8 Å². The van der Waals surface area contributed by atoms with Gasteiger partial charge in [0.15, 0.2) is 0 Å². The quantitative estimate of drug-likeness (QED) is 0.413. The number of nitrogens with zero attached hydrogens (tertiary/aromatic N) is 4. The maximum atomic E-state index is 4.74. The lowest BCUT2D eigenvalue weighted by Gasteiger charge is -2.23. The number of aryl methyl sites for hydroxylation is 2. The highest BCUT2D eigenvalue weighted by Crippen LogP contribution is 2.27. The Balaban J connectivity index is 1.44. The minimum Gasteiger partial charge on any atom is -0.387 e. The van der Waals surface area contributed by atoms with Gasteiger partial charge in [0.2, 0.25) is 5.95 Å². The Morgan fingerprint density at radius 3 is 2.54 bits per heavy atom. The molecule has 7 nitrogen and oxygen atoms in total. The number of aromatic nitrogens is 2. The maximum Gasteiger partial charge on any atom is 0.229 e. The van der Waals surface area contributed by atoms with E-state index in [0.29, 0.717) is 12.5 Å². The summed E-state index contributed by atoms with van der Waals surface area (Å²) in [5.41, 5.74) is 7.82. The number of likely N-dealkylation sites (N-methyl/N-ethyl adjacent to an activating group) is 1. The fourth-order valence-electron chi connectivity index (χ4n) is 4.54. The second kappa shape index (κ2) is 11.2. The van der Waals surface area contributed by atoms with Crippen molar-refractivity contribution >= 4 is 34.9 Å². The van der Waals surface area contributed by atoms with Crippen LogP contribution in [-0.4, -0.2) is 55.1 Å². The van der Waals surface area contributed by atoms with E-state index in [2.05, 4.69) is 87.7 Å². The minimum atomic E-state index is 0.575. The van der Waals surface area contributed by atoms with Crippen LogP contribution in [0.1, 0.15) is 28.7 Å². The van der Waals surface area contributed by atoms with E-state index in [0.717, 1.165) is 60.1 Å². The highest BCUT2D eigenvalue weighted by Gasteiger charge is 2.13. The molecule has 0 spiro atoms. The Hall–Kier alpha value is -3.58. The largest absolute Gasteiger partial charge is 0.387 e. The van der Waals surface area contributed by atoms with Crippen molar-refractivity contribution in [3.8, 4) is 0 Å². The molecule has 0 bridgehead atoms. The van der Waals surface area contributed by atoms with Crippen LogP contribution in [0.4, 0.5) is 28.8 Å². The summed E-state index contributed by atoms with van der Waals surface area (Å²) in [6.07, 6.45) is 4.95. The molecule has 3 N–H and O–H groups in total. The molecule has 1 fully saturated rings. The molecule has 3 aromatic rings. The van der Waals surface area contributed by atoms with Crippen molar-refractivity contribution in [1.82, 2.24) is 14.9 Å². The molecule has 0 saturated carbocycles. The Bertz CT molecular complexity index is 1160. The molecule has 0 aliphatic carbocycles. The molecule has 0 radical (unpaired) electrons. The van der Waals surface area contributed by atoms with Crippen molar-refractivity contribution < 1.29 is 0 Å². The third-order valence-electron chi connectivity index (χ3n) is 6.62. The molecule has 35 heavy (non-hydrogen) atoms. The standard InChI is InChI=1S/C28H37N7/c1-6-25-22(9-8-20(2)26(25)29-4)19-30-27-21(3)18-31-28(33-27)32-23-10-12-24(13-11-23)35-15-7-14-34(5)16-17-35/h6,8-13,18,29H,1,7,14-17,19H2,2-5H3,(H2,30,31,32,33). The minimum absolute atomic E-state index is 0.575. The zero-order valence-corrected chi connectivity index (χ0v) is 21.4. The van der Waals surface area contributed by atoms with Crippen molar-refractivity contribution in [3.05, 3.63) is 71.4 Å².